The normalized spacial score (nSPS) is 18.6. The first-order valence-electron chi connectivity index (χ1n) is 4.89. The van der Waals surface area contributed by atoms with E-state index in [9.17, 15) is 17.4 Å². The average molecular weight is 284 g/mol. The maximum atomic E-state index is 12.7. The number of alkyl halides is 3. The first-order valence-corrected chi connectivity index (χ1v) is 7.13. The quantitative estimate of drug-likeness (QED) is 0.769. The largest absolute Gasteiger partial charge is 0.418 e. The van der Waals surface area contributed by atoms with Crippen molar-refractivity contribution in [2.75, 3.05) is 11.5 Å². The zero-order valence-corrected chi connectivity index (χ0v) is 10.2. The molecule has 1 aliphatic rings. The van der Waals surface area contributed by atoms with Crippen LogP contribution in [0.1, 0.15) is 12.0 Å². The first kappa shape index (κ1) is 12.7. The van der Waals surface area contributed by atoms with Gasteiger partial charge in [-0.25, -0.2) is 4.21 Å². The number of hydrogen-bond acceptors (Lipinski definition) is 2. The van der Waals surface area contributed by atoms with Gasteiger partial charge in [0.05, 0.1) is 21.0 Å². The molecule has 1 saturated heterocycles. The Balaban J connectivity index is 2.56. The van der Waals surface area contributed by atoms with Crippen LogP contribution < -0.4 is 0 Å². The van der Waals surface area contributed by atoms with Gasteiger partial charge < -0.3 is 0 Å². The van der Waals surface area contributed by atoms with E-state index in [1.807, 2.05) is 0 Å². The van der Waals surface area contributed by atoms with Gasteiger partial charge in [0.25, 0.3) is 0 Å². The molecule has 1 aromatic carbocycles. The Bertz CT molecular complexity index is 551. The summed E-state index contributed by atoms with van der Waals surface area (Å²) in [7, 11) is -2.48. The molecule has 0 unspecified atom stereocenters. The van der Waals surface area contributed by atoms with E-state index in [2.05, 4.69) is 4.36 Å². The van der Waals surface area contributed by atoms with Crippen LogP contribution in [0.5, 0.6) is 0 Å². The predicted octanol–water partition coefficient (Wildman–Crippen LogP) is 3.86. The second-order valence-electron chi connectivity index (χ2n) is 3.78. The van der Waals surface area contributed by atoms with Gasteiger partial charge in [-0.3, -0.25) is 0 Å². The molecule has 0 N–H and O–H groups in total. The summed E-state index contributed by atoms with van der Waals surface area (Å²) >= 11 is 5.64. The van der Waals surface area contributed by atoms with E-state index in [0.29, 0.717) is 11.5 Å². The third-order valence-corrected chi connectivity index (χ3v) is 5.07. The molecule has 0 spiro atoms. The Morgan fingerprint density at radius 1 is 1.29 bits per heavy atom. The monoisotopic (exact) mass is 283 g/mol. The highest BCUT2D eigenvalue weighted by atomic mass is 35.5. The summed E-state index contributed by atoms with van der Waals surface area (Å²) in [5, 5.41) is 0.152. The van der Waals surface area contributed by atoms with E-state index in [-0.39, 0.29) is 10.7 Å². The van der Waals surface area contributed by atoms with Crippen LogP contribution in [-0.2, 0) is 15.9 Å². The number of benzene rings is 1. The molecule has 1 fully saturated rings. The average Bonchev–Trinajstić information content (AvgIpc) is 2.13. The topological polar surface area (TPSA) is 29.4 Å². The van der Waals surface area contributed by atoms with Crippen LogP contribution in [0.4, 0.5) is 18.9 Å². The summed E-state index contributed by atoms with van der Waals surface area (Å²) in [6.07, 6.45) is -3.77. The fraction of sp³-hybridized carbons (Fsp3) is 0.400. The maximum absolute atomic E-state index is 12.7. The lowest BCUT2D eigenvalue weighted by atomic mass is 10.2. The molecule has 0 amide bonds. The van der Waals surface area contributed by atoms with Gasteiger partial charge >= 0.3 is 6.18 Å². The lowest BCUT2D eigenvalue weighted by molar-refractivity contribution is -0.137. The summed E-state index contributed by atoms with van der Waals surface area (Å²) < 4.78 is 53.6. The van der Waals surface area contributed by atoms with Gasteiger partial charge in [0.1, 0.15) is 0 Å². The molecule has 17 heavy (non-hydrogen) atoms. The van der Waals surface area contributed by atoms with Gasteiger partial charge in [-0.15, -0.1) is 0 Å². The molecule has 0 saturated carbocycles. The van der Waals surface area contributed by atoms with Gasteiger partial charge in [-0.05, 0) is 24.6 Å². The van der Waals surface area contributed by atoms with E-state index in [1.165, 1.54) is 0 Å². The van der Waals surface area contributed by atoms with Gasteiger partial charge in [0.2, 0.25) is 0 Å². The van der Waals surface area contributed by atoms with Crippen LogP contribution in [-0.4, -0.2) is 15.7 Å². The minimum absolute atomic E-state index is 0.152. The Kier molecular flexibility index (Phi) is 3.12. The van der Waals surface area contributed by atoms with Crippen LogP contribution in [0.2, 0.25) is 5.02 Å². The molecule has 1 aromatic rings. The molecule has 1 aliphatic heterocycles. The Morgan fingerprint density at radius 2 is 1.94 bits per heavy atom. The van der Waals surface area contributed by atoms with Gasteiger partial charge in [-0.2, -0.15) is 17.5 Å². The van der Waals surface area contributed by atoms with Gasteiger partial charge in [0.15, 0.2) is 0 Å². The molecule has 1 heterocycles. The van der Waals surface area contributed by atoms with E-state index in [0.717, 1.165) is 24.6 Å². The molecular weight excluding hydrogens is 275 g/mol. The summed E-state index contributed by atoms with van der Waals surface area (Å²) in [5.74, 6) is 0.716. The Morgan fingerprint density at radius 3 is 2.41 bits per heavy atom. The third-order valence-electron chi connectivity index (χ3n) is 2.46. The fourth-order valence-electron chi connectivity index (χ4n) is 1.48. The van der Waals surface area contributed by atoms with E-state index < -0.39 is 21.5 Å². The molecule has 0 radical (unpaired) electrons. The predicted molar refractivity (Wildman–Crippen MR) is 61.0 cm³/mol. The van der Waals surface area contributed by atoms with Crippen LogP contribution in [0, 0.1) is 0 Å². The number of hydrogen-bond donors (Lipinski definition) is 0. The summed E-state index contributed by atoms with van der Waals surface area (Å²) in [6, 6.07) is 3.12. The lowest BCUT2D eigenvalue weighted by Gasteiger charge is -2.19. The van der Waals surface area contributed by atoms with Crippen molar-refractivity contribution in [3.8, 4) is 0 Å². The number of nitrogens with zero attached hydrogens (tertiary/aromatic N) is 1. The van der Waals surface area contributed by atoms with Crippen molar-refractivity contribution in [3.63, 3.8) is 0 Å². The molecule has 0 atom stereocenters. The minimum atomic E-state index is -4.51. The smallest absolute Gasteiger partial charge is 0.249 e. The molecule has 2 rings (SSSR count). The highest BCUT2D eigenvalue weighted by Crippen LogP contribution is 2.38. The van der Waals surface area contributed by atoms with Gasteiger partial charge in [0, 0.05) is 16.5 Å². The molecule has 0 aromatic heterocycles. The minimum Gasteiger partial charge on any atom is -0.249 e. The summed E-state index contributed by atoms with van der Waals surface area (Å²) in [4.78, 5) is 0. The molecule has 0 bridgehead atoms. The third kappa shape index (κ3) is 2.74. The van der Waals surface area contributed by atoms with E-state index >= 15 is 0 Å². The number of rotatable bonds is 1. The fourth-order valence-corrected chi connectivity index (χ4v) is 3.12. The first-order chi connectivity index (χ1) is 7.80. The van der Waals surface area contributed by atoms with Crippen molar-refractivity contribution in [2.24, 2.45) is 4.36 Å². The van der Waals surface area contributed by atoms with Crippen molar-refractivity contribution in [1.29, 1.82) is 0 Å². The van der Waals surface area contributed by atoms with E-state index in [1.54, 1.807) is 0 Å². The van der Waals surface area contributed by atoms with Crippen LogP contribution in [0.15, 0.2) is 22.6 Å². The number of halogens is 4. The zero-order valence-electron chi connectivity index (χ0n) is 8.63. The van der Waals surface area contributed by atoms with Crippen molar-refractivity contribution in [3.05, 3.63) is 28.8 Å². The second-order valence-corrected chi connectivity index (χ2v) is 6.77. The zero-order chi connectivity index (χ0) is 12.7. The van der Waals surface area contributed by atoms with Crippen LogP contribution in [0.25, 0.3) is 0 Å². The van der Waals surface area contributed by atoms with Crippen molar-refractivity contribution in [2.45, 2.75) is 12.6 Å². The lowest BCUT2D eigenvalue weighted by Crippen LogP contribution is -2.23. The highest BCUT2D eigenvalue weighted by Gasteiger charge is 2.34. The maximum Gasteiger partial charge on any atom is 0.418 e. The van der Waals surface area contributed by atoms with Crippen LogP contribution in [0.3, 0.4) is 0 Å². The summed E-state index contributed by atoms with van der Waals surface area (Å²) in [5.41, 5.74) is -1.22. The van der Waals surface area contributed by atoms with E-state index in [4.69, 9.17) is 11.6 Å². The Hall–Kier alpha value is -0.750. The van der Waals surface area contributed by atoms with Crippen molar-refractivity contribution < 1.29 is 17.4 Å². The second kappa shape index (κ2) is 4.17. The SMILES string of the molecule is O=S1(=Nc2cc(Cl)ccc2C(F)(F)F)CCC1. The molecular formula is C10H9ClF3NOS. The summed E-state index contributed by atoms with van der Waals surface area (Å²) in [6.45, 7) is 0. The standard InChI is InChI=1S/C10H9ClF3NOS/c11-7-2-3-8(10(12,13)14)9(6-7)15-17(16)4-1-5-17/h2-3,6H,1,4-5H2. The molecule has 0 aliphatic carbocycles. The molecule has 94 valence electrons. The van der Waals surface area contributed by atoms with Crippen LogP contribution >= 0.6 is 11.6 Å². The van der Waals surface area contributed by atoms with Gasteiger partial charge in [-0.1, -0.05) is 11.6 Å². The molecule has 2 nitrogen and oxygen atoms in total. The van der Waals surface area contributed by atoms with Crippen molar-refractivity contribution >= 4 is 27.0 Å². The van der Waals surface area contributed by atoms with Crippen molar-refractivity contribution in [1.82, 2.24) is 0 Å². The molecule has 7 heteroatoms. The highest BCUT2D eigenvalue weighted by molar-refractivity contribution is 7.95. The Labute approximate surface area is 102 Å².